The molecule has 0 aromatic heterocycles. The Morgan fingerprint density at radius 1 is 1.33 bits per heavy atom. The molecule has 1 rings (SSSR count). The second-order valence-electron chi connectivity index (χ2n) is 4.45. The number of carbonyl (C=O) groups is 1. The van der Waals surface area contributed by atoms with Crippen molar-refractivity contribution in [2.75, 3.05) is 39.9 Å². The Balaban J connectivity index is 2.50. The van der Waals surface area contributed by atoms with E-state index in [1.807, 2.05) is 5.06 Å². The smallest absolute Gasteiger partial charge is 0.230 e. The van der Waals surface area contributed by atoms with Crippen molar-refractivity contribution in [1.82, 2.24) is 9.96 Å². The van der Waals surface area contributed by atoms with E-state index in [0.717, 1.165) is 13.1 Å². The number of rotatable bonds is 3. The lowest BCUT2D eigenvalue weighted by molar-refractivity contribution is -0.167. The molecule has 1 saturated heterocycles. The van der Waals surface area contributed by atoms with E-state index in [1.54, 1.807) is 25.9 Å². The van der Waals surface area contributed by atoms with E-state index in [-0.39, 0.29) is 12.5 Å². The van der Waals surface area contributed by atoms with Crippen molar-refractivity contribution in [3.63, 3.8) is 0 Å². The largest absolute Gasteiger partial charge is 0.395 e. The predicted molar refractivity (Wildman–Crippen MR) is 56.0 cm³/mol. The zero-order valence-electron chi connectivity index (χ0n) is 9.69. The average Bonchev–Trinajstić information content (AvgIpc) is 2.28. The van der Waals surface area contributed by atoms with Crippen molar-refractivity contribution in [3.05, 3.63) is 0 Å². The highest BCUT2D eigenvalue weighted by molar-refractivity contribution is 5.82. The molecule has 1 amide bonds. The van der Waals surface area contributed by atoms with E-state index in [9.17, 15) is 4.79 Å². The molecule has 0 aromatic carbocycles. The van der Waals surface area contributed by atoms with Crippen LogP contribution in [0.4, 0.5) is 0 Å². The van der Waals surface area contributed by atoms with Crippen LogP contribution in [0.25, 0.3) is 0 Å². The molecule has 0 bridgehead atoms. The van der Waals surface area contributed by atoms with Crippen LogP contribution in [0, 0.1) is 5.41 Å². The van der Waals surface area contributed by atoms with Crippen molar-refractivity contribution in [2.45, 2.75) is 13.8 Å². The first-order valence-electron chi connectivity index (χ1n) is 5.20. The lowest BCUT2D eigenvalue weighted by atomic mass is 9.92. The fourth-order valence-electron chi connectivity index (χ4n) is 1.57. The molecule has 0 saturated carbocycles. The van der Waals surface area contributed by atoms with Gasteiger partial charge < -0.3 is 14.8 Å². The van der Waals surface area contributed by atoms with Crippen LogP contribution in [-0.2, 0) is 9.63 Å². The van der Waals surface area contributed by atoms with Gasteiger partial charge in [-0.05, 0) is 13.8 Å². The van der Waals surface area contributed by atoms with Gasteiger partial charge in [0.15, 0.2) is 0 Å². The summed E-state index contributed by atoms with van der Waals surface area (Å²) < 4.78 is 0. The summed E-state index contributed by atoms with van der Waals surface area (Å²) in [4.78, 5) is 18.8. The number of aliphatic hydroxyl groups is 1. The molecule has 5 heteroatoms. The van der Waals surface area contributed by atoms with Gasteiger partial charge in [-0.15, -0.1) is 0 Å². The Kier molecular flexibility index (Phi) is 4.07. The fourth-order valence-corrected chi connectivity index (χ4v) is 1.57. The number of nitrogens with zero attached hydrogens (tertiary/aromatic N) is 2. The molecule has 1 heterocycles. The molecule has 88 valence electrons. The summed E-state index contributed by atoms with van der Waals surface area (Å²) in [5.74, 6) is 0.0146. The normalized spacial score (nSPS) is 19.3. The van der Waals surface area contributed by atoms with E-state index in [1.165, 1.54) is 0 Å². The second kappa shape index (κ2) is 4.92. The Morgan fingerprint density at radius 2 is 1.87 bits per heavy atom. The molecule has 5 nitrogen and oxygen atoms in total. The minimum absolute atomic E-state index is 0.0146. The summed E-state index contributed by atoms with van der Waals surface area (Å²) in [6.45, 7) is 6.19. The van der Waals surface area contributed by atoms with Gasteiger partial charge in [-0.3, -0.25) is 4.79 Å². The number of aliphatic hydroxyl groups excluding tert-OH is 1. The first-order chi connectivity index (χ1) is 7.01. The number of hydrogen-bond acceptors (Lipinski definition) is 4. The minimum Gasteiger partial charge on any atom is -0.395 e. The molecule has 0 radical (unpaired) electrons. The predicted octanol–water partition coefficient (Wildman–Crippen LogP) is -0.290. The highest BCUT2D eigenvalue weighted by atomic mass is 16.7. The molecule has 1 fully saturated rings. The first kappa shape index (κ1) is 12.4. The number of piperazine rings is 1. The third-order valence-corrected chi connectivity index (χ3v) is 2.76. The van der Waals surface area contributed by atoms with Crippen molar-refractivity contribution in [3.8, 4) is 0 Å². The molecule has 1 N–H and O–H groups in total. The van der Waals surface area contributed by atoms with E-state index in [0.29, 0.717) is 13.1 Å². The van der Waals surface area contributed by atoms with Gasteiger partial charge in [-0.2, -0.15) is 5.06 Å². The van der Waals surface area contributed by atoms with Crippen molar-refractivity contribution in [1.29, 1.82) is 0 Å². The van der Waals surface area contributed by atoms with E-state index >= 15 is 0 Å². The quantitative estimate of drug-likeness (QED) is 0.704. The molecule has 1 aliphatic heterocycles. The number of carbonyl (C=O) groups excluding carboxylic acids is 1. The van der Waals surface area contributed by atoms with Crippen LogP contribution in [0.3, 0.4) is 0 Å². The van der Waals surface area contributed by atoms with E-state index < -0.39 is 5.41 Å². The van der Waals surface area contributed by atoms with E-state index in [2.05, 4.69) is 0 Å². The molecular formula is C10H20N2O3. The maximum absolute atomic E-state index is 12.0. The Morgan fingerprint density at radius 3 is 2.27 bits per heavy atom. The zero-order chi connectivity index (χ0) is 11.5. The summed E-state index contributed by atoms with van der Waals surface area (Å²) in [5, 5.41) is 10.9. The summed E-state index contributed by atoms with van der Waals surface area (Å²) >= 11 is 0. The molecular weight excluding hydrogens is 196 g/mol. The van der Waals surface area contributed by atoms with Crippen LogP contribution in [0.5, 0.6) is 0 Å². The Bertz CT molecular complexity index is 223. The van der Waals surface area contributed by atoms with Gasteiger partial charge >= 0.3 is 0 Å². The molecule has 0 atom stereocenters. The SMILES string of the molecule is CON1CCN(C(=O)C(C)(C)CO)CC1. The number of amides is 1. The molecule has 0 spiro atoms. The highest BCUT2D eigenvalue weighted by Gasteiger charge is 2.32. The van der Waals surface area contributed by atoms with Crippen LogP contribution >= 0.6 is 0 Å². The second-order valence-corrected chi connectivity index (χ2v) is 4.45. The first-order valence-corrected chi connectivity index (χ1v) is 5.20. The van der Waals surface area contributed by atoms with E-state index in [4.69, 9.17) is 9.94 Å². The maximum Gasteiger partial charge on any atom is 0.230 e. The lowest BCUT2D eigenvalue weighted by Crippen LogP contribution is -2.52. The third kappa shape index (κ3) is 2.90. The van der Waals surface area contributed by atoms with Gasteiger partial charge in [0.05, 0.1) is 19.1 Å². The number of hydroxylamine groups is 2. The summed E-state index contributed by atoms with van der Waals surface area (Å²) in [6.07, 6.45) is 0. The minimum atomic E-state index is -0.671. The highest BCUT2D eigenvalue weighted by Crippen LogP contribution is 2.18. The topological polar surface area (TPSA) is 53.0 Å². The molecule has 0 unspecified atom stereocenters. The summed E-state index contributed by atoms with van der Waals surface area (Å²) in [6, 6.07) is 0. The van der Waals surface area contributed by atoms with Gasteiger partial charge in [-0.25, -0.2) is 0 Å². The summed E-state index contributed by atoms with van der Waals surface area (Å²) in [7, 11) is 1.63. The number of hydrogen-bond donors (Lipinski definition) is 1. The van der Waals surface area contributed by atoms with Gasteiger partial charge in [-0.1, -0.05) is 0 Å². The maximum atomic E-state index is 12.0. The monoisotopic (exact) mass is 216 g/mol. The zero-order valence-corrected chi connectivity index (χ0v) is 9.69. The van der Waals surface area contributed by atoms with Crippen molar-refractivity contribution in [2.24, 2.45) is 5.41 Å². The fraction of sp³-hybridized carbons (Fsp3) is 0.900. The van der Waals surface area contributed by atoms with Crippen LogP contribution in [-0.4, -0.2) is 60.9 Å². The Hall–Kier alpha value is -0.650. The van der Waals surface area contributed by atoms with Crippen molar-refractivity contribution >= 4 is 5.91 Å². The van der Waals surface area contributed by atoms with Crippen LogP contribution in [0.2, 0.25) is 0 Å². The van der Waals surface area contributed by atoms with Gasteiger partial charge in [0.25, 0.3) is 0 Å². The summed E-state index contributed by atoms with van der Waals surface area (Å²) in [5.41, 5.74) is -0.671. The van der Waals surface area contributed by atoms with Gasteiger partial charge in [0.1, 0.15) is 0 Å². The van der Waals surface area contributed by atoms with Crippen LogP contribution in [0.1, 0.15) is 13.8 Å². The molecule has 0 aromatic rings. The Labute approximate surface area is 90.6 Å². The van der Waals surface area contributed by atoms with Crippen LogP contribution < -0.4 is 0 Å². The van der Waals surface area contributed by atoms with Crippen LogP contribution in [0.15, 0.2) is 0 Å². The van der Waals surface area contributed by atoms with Crippen molar-refractivity contribution < 1.29 is 14.7 Å². The van der Waals surface area contributed by atoms with Gasteiger partial charge in [0, 0.05) is 26.2 Å². The molecule has 1 aliphatic rings. The standard InChI is InChI=1S/C10H20N2O3/c1-10(2,8-13)9(14)11-4-6-12(15-3)7-5-11/h13H,4-8H2,1-3H3. The molecule has 15 heavy (non-hydrogen) atoms. The lowest BCUT2D eigenvalue weighted by Gasteiger charge is -2.36. The average molecular weight is 216 g/mol. The van der Waals surface area contributed by atoms with Gasteiger partial charge in [0.2, 0.25) is 5.91 Å². The third-order valence-electron chi connectivity index (χ3n) is 2.76. The molecule has 0 aliphatic carbocycles.